The largest absolute Gasteiger partial charge is 0.451 e. The number of imide groups is 1. The van der Waals surface area contributed by atoms with Gasteiger partial charge in [-0.25, -0.2) is 24.5 Å². The normalized spacial score (nSPS) is 12.3. The Morgan fingerprint density at radius 2 is 1.39 bits per heavy atom. The van der Waals surface area contributed by atoms with Crippen molar-refractivity contribution >= 4 is 23.8 Å². The maximum absolute atomic E-state index is 12.7. The first-order valence-corrected chi connectivity index (χ1v) is 10.1. The van der Waals surface area contributed by atoms with E-state index < -0.39 is 35.4 Å². The van der Waals surface area contributed by atoms with E-state index in [0.29, 0.717) is 0 Å². The van der Waals surface area contributed by atoms with Gasteiger partial charge in [-0.15, -0.1) is 0 Å². The summed E-state index contributed by atoms with van der Waals surface area (Å²) in [5.74, 6) is -1.29. The predicted molar refractivity (Wildman–Crippen MR) is 113 cm³/mol. The molecule has 0 saturated carbocycles. The summed E-state index contributed by atoms with van der Waals surface area (Å²) in [5.41, 5.74) is -1.12. The van der Waals surface area contributed by atoms with Crippen LogP contribution in [0.15, 0.2) is 24.7 Å². The van der Waals surface area contributed by atoms with Crippen molar-refractivity contribution in [2.24, 2.45) is 0 Å². The van der Waals surface area contributed by atoms with Gasteiger partial charge in [-0.3, -0.25) is 4.98 Å². The number of alkyl halides is 3. The van der Waals surface area contributed by atoms with Gasteiger partial charge in [-0.1, -0.05) is 11.6 Å². The molecule has 0 atom stereocenters. The molecular weight excluding hydrogens is 465 g/mol. The highest BCUT2D eigenvalue weighted by Crippen LogP contribution is 2.28. The minimum Gasteiger partial charge on any atom is -0.443 e. The number of hydrogen-bond acceptors (Lipinski definition) is 7. The van der Waals surface area contributed by atoms with Gasteiger partial charge in [0.25, 0.3) is 0 Å². The number of aromatic nitrogens is 3. The average Bonchev–Trinajstić information content (AvgIpc) is 2.63. The molecule has 0 fully saturated rings. The maximum atomic E-state index is 12.7. The Kier molecular flexibility index (Phi) is 7.57. The molecule has 0 unspecified atom stereocenters. The first-order chi connectivity index (χ1) is 15.0. The van der Waals surface area contributed by atoms with Crippen LogP contribution in [-0.4, -0.2) is 43.2 Å². The Balaban J connectivity index is 2.39. The van der Waals surface area contributed by atoms with Gasteiger partial charge in [-0.05, 0) is 53.2 Å². The maximum Gasteiger partial charge on any atom is 0.451 e. The minimum atomic E-state index is -4.68. The van der Waals surface area contributed by atoms with Crippen molar-refractivity contribution in [1.82, 2.24) is 19.9 Å². The molecule has 0 bridgehead atoms. The Morgan fingerprint density at radius 1 is 0.909 bits per heavy atom. The van der Waals surface area contributed by atoms with Gasteiger partial charge in [0.15, 0.2) is 0 Å². The van der Waals surface area contributed by atoms with Crippen LogP contribution in [0.1, 0.15) is 52.9 Å². The third-order valence-corrected chi connectivity index (χ3v) is 4.03. The molecule has 0 aliphatic rings. The van der Waals surface area contributed by atoms with Gasteiger partial charge in [0, 0.05) is 24.2 Å². The van der Waals surface area contributed by atoms with Crippen LogP contribution in [0.4, 0.5) is 22.8 Å². The second kappa shape index (κ2) is 9.50. The summed E-state index contributed by atoms with van der Waals surface area (Å²) in [7, 11) is 0. The van der Waals surface area contributed by atoms with Crippen molar-refractivity contribution in [3.8, 4) is 11.3 Å². The van der Waals surface area contributed by atoms with E-state index >= 15 is 0 Å². The number of halogens is 4. The molecule has 0 spiro atoms. The standard InChI is InChI=1S/C21H24ClF3N4O4/c1-19(2,3)32-17(30)29(18(31)33-20(4,5)6)11-12-7-15(26-10-14(12)22)13-8-27-16(28-9-13)21(23,24)25/h7-10H,11H2,1-6H3. The van der Waals surface area contributed by atoms with Crippen LogP contribution < -0.4 is 0 Å². The highest BCUT2D eigenvalue weighted by Gasteiger charge is 2.34. The first-order valence-electron chi connectivity index (χ1n) is 9.74. The van der Waals surface area contributed by atoms with Crippen molar-refractivity contribution in [3.63, 3.8) is 0 Å². The van der Waals surface area contributed by atoms with Gasteiger partial charge >= 0.3 is 18.4 Å². The number of amides is 2. The zero-order valence-corrected chi connectivity index (χ0v) is 19.7. The predicted octanol–water partition coefficient (Wildman–Crippen LogP) is 5.88. The Bertz CT molecular complexity index is 988. The van der Waals surface area contributed by atoms with Crippen LogP contribution in [0.2, 0.25) is 5.02 Å². The summed E-state index contributed by atoms with van der Waals surface area (Å²) >= 11 is 6.21. The number of carbonyl (C=O) groups excluding carboxylic acids is 2. The quantitative estimate of drug-likeness (QED) is 0.532. The number of pyridine rings is 1. The molecule has 2 rings (SSSR count). The lowest BCUT2D eigenvalue weighted by Crippen LogP contribution is -2.43. The highest BCUT2D eigenvalue weighted by molar-refractivity contribution is 6.31. The molecule has 2 heterocycles. The fraction of sp³-hybridized carbons (Fsp3) is 0.476. The molecule has 0 aromatic carbocycles. The van der Waals surface area contributed by atoms with Gasteiger partial charge in [-0.2, -0.15) is 13.2 Å². The molecule has 0 N–H and O–H groups in total. The van der Waals surface area contributed by atoms with Crippen LogP contribution in [0.25, 0.3) is 11.3 Å². The molecule has 33 heavy (non-hydrogen) atoms. The second-order valence-corrected chi connectivity index (χ2v) is 9.41. The van der Waals surface area contributed by atoms with Crippen LogP contribution in [-0.2, 0) is 22.2 Å². The fourth-order valence-corrected chi connectivity index (χ4v) is 2.54. The summed E-state index contributed by atoms with van der Waals surface area (Å²) in [6.45, 7) is 9.50. The minimum absolute atomic E-state index is 0.115. The summed E-state index contributed by atoms with van der Waals surface area (Å²) in [6, 6.07) is 1.41. The van der Waals surface area contributed by atoms with E-state index in [-0.39, 0.29) is 28.4 Å². The van der Waals surface area contributed by atoms with Crippen molar-refractivity contribution < 1.29 is 32.2 Å². The van der Waals surface area contributed by atoms with Crippen LogP contribution >= 0.6 is 11.6 Å². The number of nitrogens with zero attached hydrogens (tertiary/aromatic N) is 4. The molecule has 0 aliphatic heterocycles. The van der Waals surface area contributed by atoms with E-state index in [1.165, 1.54) is 12.3 Å². The summed E-state index contributed by atoms with van der Waals surface area (Å²) in [6.07, 6.45) is -3.41. The van der Waals surface area contributed by atoms with Gasteiger partial charge in [0.1, 0.15) is 11.2 Å². The summed E-state index contributed by atoms with van der Waals surface area (Å²) in [4.78, 5) is 36.8. The van der Waals surface area contributed by atoms with E-state index in [4.69, 9.17) is 21.1 Å². The Labute approximate surface area is 194 Å². The first kappa shape index (κ1) is 26.3. The van der Waals surface area contributed by atoms with Gasteiger partial charge in [0.05, 0.1) is 17.3 Å². The van der Waals surface area contributed by atoms with Crippen molar-refractivity contribution in [2.75, 3.05) is 0 Å². The van der Waals surface area contributed by atoms with E-state index in [1.807, 2.05) is 0 Å². The topological polar surface area (TPSA) is 94.5 Å². The van der Waals surface area contributed by atoms with Crippen molar-refractivity contribution in [3.05, 3.63) is 41.1 Å². The molecule has 2 aromatic rings. The number of ether oxygens (including phenoxy) is 2. The molecular formula is C21H24ClF3N4O4. The summed E-state index contributed by atoms with van der Waals surface area (Å²) < 4.78 is 48.8. The zero-order chi connectivity index (χ0) is 25.2. The smallest absolute Gasteiger partial charge is 0.443 e. The monoisotopic (exact) mass is 488 g/mol. The lowest BCUT2D eigenvalue weighted by atomic mass is 10.1. The number of hydrogen-bond donors (Lipinski definition) is 0. The Morgan fingerprint density at radius 3 is 1.82 bits per heavy atom. The molecule has 2 amide bonds. The second-order valence-electron chi connectivity index (χ2n) is 9.00. The molecule has 0 radical (unpaired) electrons. The summed E-state index contributed by atoms with van der Waals surface area (Å²) in [5, 5.41) is 0.115. The fourth-order valence-electron chi connectivity index (χ4n) is 2.37. The lowest BCUT2D eigenvalue weighted by Gasteiger charge is -2.28. The highest BCUT2D eigenvalue weighted by atomic mass is 35.5. The van der Waals surface area contributed by atoms with Gasteiger partial charge < -0.3 is 9.47 Å². The SMILES string of the molecule is CC(C)(C)OC(=O)N(Cc1cc(-c2cnc(C(F)(F)F)nc2)ncc1Cl)C(=O)OC(C)(C)C. The van der Waals surface area contributed by atoms with Crippen LogP contribution in [0.5, 0.6) is 0 Å². The molecule has 0 saturated heterocycles. The Hall–Kier alpha value is -2.95. The molecule has 180 valence electrons. The van der Waals surface area contributed by atoms with E-state index in [0.717, 1.165) is 17.3 Å². The van der Waals surface area contributed by atoms with Crippen molar-refractivity contribution in [1.29, 1.82) is 0 Å². The third-order valence-electron chi connectivity index (χ3n) is 3.69. The lowest BCUT2D eigenvalue weighted by molar-refractivity contribution is -0.145. The average molecular weight is 489 g/mol. The molecule has 8 nitrogen and oxygen atoms in total. The van der Waals surface area contributed by atoms with E-state index in [9.17, 15) is 22.8 Å². The third kappa shape index (κ3) is 7.85. The van der Waals surface area contributed by atoms with Gasteiger partial charge in [0.2, 0.25) is 5.82 Å². The van der Waals surface area contributed by atoms with Crippen molar-refractivity contribution in [2.45, 2.75) is 65.5 Å². The molecule has 0 aliphatic carbocycles. The zero-order valence-electron chi connectivity index (χ0n) is 19.0. The molecule has 12 heteroatoms. The van der Waals surface area contributed by atoms with Crippen LogP contribution in [0.3, 0.4) is 0 Å². The van der Waals surface area contributed by atoms with Crippen LogP contribution in [0, 0.1) is 0 Å². The molecule has 2 aromatic heterocycles. The van der Waals surface area contributed by atoms with E-state index in [1.54, 1.807) is 41.5 Å². The number of rotatable bonds is 3. The number of carbonyl (C=O) groups is 2. The van der Waals surface area contributed by atoms with E-state index in [2.05, 4.69) is 15.0 Å².